The van der Waals surface area contributed by atoms with E-state index in [1.165, 1.54) is 0 Å². The van der Waals surface area contributed by atoms with E-state index in [9.17, 15) is 9.59 Å². The predicted molar refractivity (Wildman–Crippen MR) is 154 cm³/mol. The SMILES string of the molecule is C/C=C(\C=C(\C)C(=O)CC)C(=Nc1cc(CNC(CC(C)C)C(=O)OC2CCCC2)ccc1C)C(C)C. The Labute approximate surface area is 224 Å². The van der Waals surface area contributed by atoms with Gasteiger partial charge in [-0.25, -0.2) is 0 Å². The smallest absolute Gasteiger partial charge is 0.323 e. The minimum Gasteiger partial charge on any atom is -0.461 e. The van der Waals surface area contributed by atoms with Crippen molar-refractivity contribution in [2.24, 2.45) is 16.8 Å². The minimum atomic E-state index is -0.320. The van der Waals surface area contributed by atoms with Crippen molar-refractivity contribution in [1.82, 2.24) is 5.32 Å². The molecule has 0 aromatic heterocycles. The molecule has 1 atom stereocenters. The lowest BCUT2D eigenvalue weighted by Crippen LogP contribution is -2.40. The molecule has 5 nitrogen and oxygen atoms in total. The molecule has 37 heavy (non-hydrogen) atoms. The van der Waals surface area contributed by atoms with Crippen LogP contribution in [0.4, 0.5) is 5.69 Å². The average molecular weight is 509 g/mol. The molecule has 204 valence electrons. The summed E-state index contributed by atoms with van der Waals surface area (Å²) in [6.07, 6.45) is 9.54. The summed E-state index contributed by atoms with van der Waals surface area (Å²) in [5.74, 6) is 0.591. The zero-order chi connectivity index (χ0) is 27.5. The number of carbonyl (C=O) groups is 2. The number of nitrogens with zero attached hydrogens (tertiary/aromatic N) is 1. The van der Waals surface area contributed by atoms with E-state index in [-0.39, 0.29) is 29.8 Å². The van der Waals surface area contributed by atoms with Gasteiger partial charge in [0.2, 0.25) is 0 Å². The first-order valence-electron chi connectivity index (χ1n) is 14.1. The number of hydrogen-bond acceptors (Lipinski definition) is 5. The lowest BCUT2D eigenvalue weighted by atomic mass is 9.96. The van der Waals surface area contributed by atoms with E-state index in [2.05, 4.69) is 58.1 Å². The molecular formula is C32H48N2O3. The molecule has 1 aromatic rings. The maximum Gasteiger partial charge on any atom is 0.323 e. The predicted octanol–water partition coefficient (Wildman–Crippen LogP) is 7.59. The minimum absolute atomic E-state index is 0.0739. The number of rotatable bonds is 13. The molecule has 0 saturated heterocycles. The standard InChI is InChI=1S/C32H48N2O3/c1-9-26(18-24(8)30(35)10-2)31(22(5)6)34-28-19-25(16-15-23(28)7)20-33-29(17-21(3)4)32(36)37-27-13-11-12-14-27/h9,15-16,18-19,21-22,27,29,33H,10-14,17,20H2,1-8H3/b24-18-,26-9+,34-31?. The van der Waals surface area contributed by atoms with E-state index in [4.69, 9.17) is 9.73 Å². The molecular weight excluding hydrogens is 460 g/mol. The van der Waals surface area contributed by atoms with Gasteiger partial charge in [-0.2, -0.15) is 0 Å². The topological polar surface area (TPSA) is 67.8 Å². The number of esters is 1. The third kappa shape index (κ3) is 9.70. The Morgan fingerprint density at radius 3 is 2.41 bits per heavy atom. The summed E-state index contributed by atoms with van der Waals surface area (Å²) in [7, 11) is 0. The maximum atomic E-state index is 12.9. The van der Waals surface area contributed by atoms with Gasteiger partial charge in [0, 0.05) is 13.0 Å². The molecule has 0 radical (unpaired) electrons. The van der Waals surface area contributed by atoms with Crippen LogP contribution in [0.1, 0.15) is 98.1 Å². The van der Waals surface area contributed by atoms with E-state index >= 15 is 0 Å². The first-order chi connectivity index (χ1) is 17.5. The highest BCUT2D eigenvalue weighted by atomic mass is 16.5. The Bertz CT molecular complexity index is 1010. The Morgan fingerprint density at radius 2 is 1.84 bits per heavy atom. The summed E-state index contributed by atoms with van der Waals surface area (Å²) in [4.78, 5) is 30.2. The van der Waals surface area contributed by atoms with E-state index < -0.39 is 0 Å². The Morgan fingerprint density at radius 1 is 1.16 bits per heavy atom. The van der Waals surface area contributed by atoms with Crippen molar-refractivity contribution in [2.75, 3.05) is 0 Å². The largest absolute Gasteiger partial charge is 0.461 e. The summed E-state index contributed by atoms with van der Waals surface area (Å²) in [5.41, 5.74) is 5.75. The van der Waals surface area contributed by atoms with Crippen LogP contribution in [0, 0.1) is 18.8 Å². The van der Waals surface area contributed by atoms with Crippen LogP contribution in [-0.4, -0.2) is 29.6 Å². The molecule has 0 aliphatic heterocycles. The van der Waals surface area contributed by atoms with Gasteiger partial charge in [0.1, 0.15) is 12.1 Å². The average Bonchev–Trinajstić information content (AvgIpc) is 3.37. The summed E-state index contributed by atoms with van der Waals surface area (Å²) in [6, 6.07) is 5.95. The summed E-state index contributed by atoms with van der Waals surface area (Å²) < 4.78 is 5.82. The van der Waals surface area contributed by atoms with Crippen LogP contribution >= 0.6 is 0 Å². The highest BCUT2D eigenvalue weighted by molar-refractivity contribution is 6.07. The second-order valence-corrected chi connectivity index (χ2v) is 11.0. The van der Waals surface area contributed by atoms with E-state index in [1.807, 2.05) is 32.9 Å². The van der Waals surface area contributed by atoms with Gasteiger partial charge >= 0.3 is 5.97 Å². The fourth-order valence-corrected chi connectivity index (χ4v) is 4.67. The van der Waals surface area contributed by atoms with Crippen LogP contribution in [0.2, 0.25) is 0 Å². The molecule has 1 saturated carbocycles. The van der Waals surface area contributed by atoms with Gasteiger partial charge in [0.25, 0.3) is 0 Å². The van der Waals surface area contributed by atoms with Crippen molar-refractivity contribution in [2.45, 2.75) is 113 Å². The van der Waals surface area contributed by atoms with Crippen molar-refractivity contribution in [3.63, 3.8) is 0 Å². The van der Waals surface area contributed by atoms with Crippen molar-refractivity contribution in [3.8, 4) is 0 Å². The number of carbonyl (C=O) groups excluding carboxylic acids is 2. The summed E-state index contributed by atoms with van der Waals surface area (Å²) in [5, 5.41) is 3.46. The Kier molecular flexibility index (Phi) is 12.5. The van der Waals surface area contributed by atoms with E-state index in [1.54, 1.807) is 0 Å². The lowest BCUT2D eigenvalue weighted by molar-refractivity contribution is -0.151. The number of allylic oxidation sites excluding steroid dienone is 4. The number of aliphatic imine (C=N–C) groups is 1. The highest BCUT2D eigenvalue weighted by Crippen LogP contribution is 2.25. The Balaban J connectivity index is 2.26. The van der Waals surface area contributed by atoms with Crippen LogP contribution in [-0.2, 0) is 20.9 Å². The number of aryl methyl sites for hydroxylation is 1. The number of hydrogen-bond donors (Lipinski definition) is 1. The van der Waals surface area contributed by atoms with Crippen LogP contribution < -0.4 is 5.32 Å². The number of ether oxygens (including phenoxy) is 1. The van der Waals surface area contributed by atoms with Gasteiger partial charge in [-0.3, -0.25) is 14.6 Å². The quantitative estimate of drug-likeness (QED) is 0.129. The normalized spacial score (nSPS) is 16.5. The fourth-order valence-electron chi connectivity index (χ4n) is 4.67. The molecule has 5 heteroatoms. The molecule has 0 spiro atoms. The van der Waals surface area contributed by atoms with Crippen molar-refractivity contribution >= 4 is 23.2 Å². The second kappa shape index (κ2) is 15.0. The van der Waals surface area contributed by atoms with Gasteiger partial charge in [-0.15, -0.1) is 0 Å². The van der Waals surface area contributed by atoms with Crippen LogP contribution in [0.3, 0.4) is 0 Å². The van der Waals surface area contributed by atoms with E-state index in [0.29, 0.717) is 18.9 Å². The molecule has 1 aromatic carbocycles. The Hall–Kier alpha value is -2.53. The van der Waals surface area contributed by atoms with Crippen molar-refractivity contribution < 1.29 is 14.3 Å². The monoisotopic (exact) mass is 508 g/mol. The number of ketones is 1. The molecule has 1 aliphatic rings. The molecule has 1 fully saturated rings. The zero-order valence-corrected chi connectivity index (χ0v) is 24.3. The molecule has 1 N–H and O–H groups in total. The van der Waals surface area contributed by atoms with Gasteiger partial charge < -0.3 is 10.1 Å². The van der Waals surface area contributed by atoms with Gasteiger partial charge in [0.05, 0.1) is 11.4 Å². The molecule has 1 unspecified atom stereocenters. The lowest BCUT2D eigenvalue weighted by Gasteiger charge is -2.22. The third-order valence-corrected chi connectivity index (χ3v) is 6.93. The van der Waals surface area contributed by atoms with E-state index in [0.717, 1.165) is 65.8 Å². The molecule has 0 bridgehead atoms. The van der Waals surface area contributed by atoms with Crippen LogP contribution in [0.25, 0.3) is 0 Å². The number of nitrogens with one attached hydrogen (secondary N) is 1. The molecule has 0 amide bonds. The van der Waals surface area contributed by atoms with Crippen LogP contribution in [0.15, 0.2) is 46.5 Å². The van der Waals surface area contributed by atoms with Gasteiger partial charge in [0.15, 0.2) is 5.78 Å². The van der Waals surface area contributed by atoms with Crippen molar-refractivity contribution in [3.05, 3.63) is 52.6 Å². The summed E-state index contributed by atoms with van der Waals surface area (Å²) >= 11 is 0. The molecule has 2 rings (SSSR count). The maximum absolute atomic E-state index is 12.9. The third-order valence-electron chi connectivity index (χ3n) is 6.93. The zero-order valence-electron chi connectivity index (χ0n) is 24.3. The van der Waals surface area contributed by atoms with Crippen molar-refractivity contribution in [1.29, 1.82) is 0 Å². The molecule has 0 heterocycles. The number of benzene rings is 1. The number of Topliss-reactive ketones (excluding diaryl/α,β-unsaturated/α-hetero) is 1. The summed E-state index contributed by atoms with van der Waals surface area (Å²) in [6.45, 7) is 16.9. The molecule has 1 aliphatic carbocycles. The highest BCUT2D eigenvalue weighted by Gasteiger charge is 2.26. The van der Waals surface area contributed by atoms with Gasteiger partial charge in [-0.1, -0.05) is 52.8 Å². The second-order valence-electron chi connectivity index (χ2n) is 11.0. The first kappa shape index (κ1) is 30.7. The fraction of sp³-hybridized carbons (Fsp3) is 0.594. The first-order valence-corrected chi connectivity index (χ1v) is 14.1. The van der Waals surface area contributed by atoms with Gasteiger partial charge in [-0.05, 0) is 99.1 Å². The van der Waals surface area contributed by atoms with Crippen LogP contribution in [0.5, 0.6) is 0 Å².